The van der Waals surface area contributed by atoms with Gasteiger partial charge in [-0.3, -0.25) is 9.69 Å². The minimum absolute atomic E-state index is 0.0540. The highest BCUT2D eigenvalue weighted by molar-refractivity contribution is 6.30. The zero-order chi connectivity index (χ0) is 18.8. The van der Waals surface area contributed by atoms with Gasteiger partial charge in [-0.1, -0.05) is 23.7 Å². The lowest BCUT2D eigenvalue weighted by Gasteiger charge is -2.26. The first kappa shape index (κ1) is 18.2. The maximum atomic E-state index is 13.0. The average Bonchev–Trinajstić information content (AvgIpc) is 3.42. The van der Waals surface area contributed by atoms with Gasteiger partial charge in [0.25, 0.3) is 5.91 Å². The number of hydrogen-bond donors (Lipinski definition) is 1. The highest BCUT2D eigenvalue weighted by Crippen LogP contribution is 2.33. The molecule has 2 atom stereocenters. The Morgan fingerprint density at radius 1 is 1.30 bits per heavy atom. The van der Waals surface area contributed by atoms with Gasteiger partial charge in [0.2, 0.25) is 0 Å². The minimum Gasteiger partial charge on any atom is -0.467 e. The van der Waals surface area contributed by atoms with Gasteiger partial charge in [-0.2, -0.15) is 5.10 Å². The molecule has 3 heterocycles. The minimum atomic E-state index is -0.256. The zero-order valence-corrected chi connectivity index (χ0v) is 15.7. The summed E-state index contributed by atoms with van der Waals surface area (Å²) in [6.07, 6.45) is 4.12. The van der Waals surface area contributed by atoms with Crippen LogP contribution in [0.1, 0.15) is 36.6 Å². The number of carbonyl (C=O) groups is 1. The summed E-state index contributed by atoms with van der Waals surface area (Å²) in [5.41, 5.74) is 1.78. The largest absolute Gasteiger partial charge is 0.467 e. The standard InChI is InChI=1S/C20H22ClN3O3/c21-15-7-5-14(6-8-15)17-11-18(19-4-2-10-27-19)24(22-17)20(26)12-23-9-1-3-16(23)13-25/h2,4-8,10,16,18,25H,1,3,9,11-13H2/t16-,18+/m1/s1. The second kappa shape index (κ2) is 7.84. The van der Waals surface area contributed by atoms with Crippen LogP contribution in [-0.2, 0) is 4.79 Å². The van der Waals surface area contributed by atoms with Gasteiger partial charge in [0, 0.05) is 17.5 Å². The monoisotopic (exact) mass is 387 g/mol. The molecule has 6 nitrogen and oxygen atoms in total. The molecule has 1 N–H and O–H groups in total. The summed E-state index contributed by atoms with van der Waals surface area (Å²) in [7, 11) is 0. The quantitative estimate of drug-likeness (QED) is 0.856. The Morgan fingerprint density at radius 3 is 2.81 bits per heavy atom. The third kappa shape index (κ3) is 3.78. The fourth-order valence-electron chi connectivity index (χ4n) is 3.82. The number of carbonyl (C=O) groups excluding carboxylic acids is 1. The summed E-state index contributed by atoms with van der Waals surface area (Å²) in [4.78, 5) is 15.1. The van der Waals surface area contributed by atoms with Crippen molar-refractivity contribution in [1.82, 2.24) is 9.91 Å². The lowest BCUT2D eigenvalue weighted by atomic mass is 10.0. The molecule has 0 saturated carbocycles. The van der Waals surface area contributed by atoms with Gasteiger partial charge in [0.1, 0.15) is 11.8 Å². The molecule has 7 heteroatoms. The van der Waals surface area contributed by atoms with E-state index in [1.165, 1.54) is 5.01 Å². The van der Waals surface area contributed by atoms with Crippen LogP contribution in [0.5, 0.6) is 0 Å². The van der Waals surface area contributed by atoms with Crippen LogP contribution in [0.4, 0.5) is 0 Å². The molecule has 0 radical (unpaired) electrons. The van der Waals surface area contributed by atoms with Crippen molar-refractivity contribution in [1.29, 1.82) is 0 Å². The number of halogens is 1. The van der Waals surface area contributed by atoms with Gasteiger partial charge < -0.3 is 9.52 Å². The molecule has 2 aliphatic rings. The predicted octanol–water partition coefficient (Wildman–Crippen LogP) is 3.07. The zero-order valence-electron chi connectivity index (χ0n) is 14.9. The highest BCUT2D eigenvalue weighted by atomic mass is 35.5. The van der Waals surface area contributed by atoms with E-state index in [0.717, 1.165) is 36.4 Å². The number of hydrogen-bond acceptors (Lipinski definition) is 5. The summed E-state index contributed by atoms with van der Waals surface area (Å²) in [6, 6.07) is 11.0. The average molecular weight is 388 g/mol. The molecule has 4 rings (SSSR count). The molecule has 142 valence electrons. The number of rotatable bonds is 5. The van der Waals surface area contributed by atoms with Crippen LogP contribution in [0.15, 0.2) is 52.2 Å². The summed E-state index contributed by atoms with van der Waals surface area (Å²) >= 11 is 5.98. The first-order chi connectivity index (χ1) is 13.2. The number of benzene rings is 1. The highest BCUT2D eigenvalue weighted by Gasteiger charge is 2.36. The van der Waals surface area contributed by atoms with Gasteiger partial charge in [-0.15, -0.1) is 0 Å². The van der Waals surface area contributed by atoms with E-state index >= 15 is 0 Å². The Kier molecular flexibility index (Phi) is 5.29. The van der Waals surface area contributed by atoms with Crippen molar-refractivity contribution in [2.24, 2.45) is 5.10 Å². The summed E-state index contributed by atoms with van der Waals surface area (Å²) < 4.78 is 5.57. The Balaban J connectivity index is 1.57. The van der Waals surface area contributed by atoms with Crippen LogP contribution in [0.2, 0.25) is 5.02 Å². The van der Waals surface area contributed by atoms with Crippen molar-refractivity contribution in [2.45, 2.75) is 31.3 Å². The van der Waals surface area contributed by atoms with Crippen LogP contribution in [-0.4, -0.2) is 52.4 Å². The van der Waals surface area contributed by atoms with E-state index in [0.29, 0.717) is 11.4 Å². The Morgan fingerprint density at radius 2 is 2.11 bits per heavy atom. The number of aliphatic hydroxyl groups is 1. The molecule has 2 aliphatic heterocycles. The molecule has 1 aromatic carbocycles. The second-order valence-corrected chi connectivity index (χ2v) is 7.41. The van der Waals surface area contributed by atoms with E-state index in [2.05, 4.69) is 5.10 Å². The molecule has 0 spiro atoms. The molecular formula is C20H22ClN3O3. The van der Waals surface area contributed by atoms with Gasteiger partial charge in [-0.25, -0.2) is 5.01 Å². The smallest absolute Gasteiger partial charge is 0.257 e. The Labute approximate surface area is 163 Å². The molecule has 1 aromatic heterocycles. The van der Waals surface area contributed by atoms with Crippen LogP contribution in [0.3, 0.4) is 0 Å². The second-order valence-electron chi connectivity index (χ2n) is 6.98. The van der Waals surface area contributed by atoms with Crippen LogP contribution < -0.4 is 0 Å². The van der Waals surface area contributed by atoms with Crippen molar-refractivity contribution in [3.63, 3.8) is 0 Å². The fourth-order valence-corrected chi connectivity index (χ4v) is 3.94. The van der Waals surface area contributed by atoms with E-state index in [-0.39, 0.29) is 31.1 Å². The topological polar surface area (TPSA) is 69.3 Å². The fraction of sp³-hybridized carbons (Fsp3) is 0.400. The number of nitrogens with zero attached hydrogens (tertiary/aromatic N) is 3. The van der Waals surface area contributed by atoms with Crippen LogP contribution >= 0.6 is 11.6 Å². The van der Waals surface area contributed by atoms with E-state index in [9.17, 15) is 9.90 Å². The van der Waals surface area contributed by atoms with Gasteiger partial charge >= 0.3 is 0 Å². The van der Waals surface area contributed by atoms with Crippen molar-refractivity contribution < 1.29 is 14.3 Å². The third-order valence-corrected chi connectivity index (χ3v) is 5.52. The van der Waals surface area contributed by atoms with Crippen molar-refractivity contribution in [3.05, 3.63) is 59.0 Å². The maximum Gasteiger partial charge on any atom is 0.257 e. The summed E-state index contributed by atoms with van der Waals surface area (Å²) in [5, 5.41) is 16.3. The van der Waals surface area contributed by atoms with Gasteiger partial charge in [0.15, 0.2) is 0 Å². The SMILES string of the molecule is O=C(CN1CCC[C@@H]1CO)N1N=C(c2ccc(Cl)cc2)C[C@H]1c1ccco1. The van der Waals surface area contributed by atoms with Crippen molar-refractivity contribution in [3.8, 4) is 0 Å². The van der Waals surface area contributed by atoms with Crippen molar-refractivity contribution in [2.75, 3.05) is 19.7 Å². The van der Waals surface area contributed by atoms with E-state index in [1.807, 2.05) is 41.3 Å². The first-order valence-corrected chi connectivity index (χ1v) is 9.57. The van der Waals surface area contributed by atoms with Crippen LogP contribution in [0, 0.1) is 0 Å². The lowest BCUT2D eigenvalue weighted by Crippen LogP contribution is -2.41. The van der Waals surface area contributed by atoms with Gasteiger partial charge in [0.05, 0.1) is 25.1 Å². The number of furan rings is 1. The van der Waals surface area contributed by atoms with E-state index < -0.39 is 0 Å². The number of amides is 1. The molecule has 27 heavy (non-hydrogen) atoms. The van der Waals surface area contributed by atoms with Crippen LogP contribution in [0.25, 0.3) is 0 Å². The summed E-state index contributed by atoms with van der Waals surface area (Å²) in [5.74, 6) is 0.636. The molecule has 2 aromatic rings. The van der Waals surface area contributed by atoms with E-state index in [4.69, 9.17) is 16.0 Å². The molecular weight excluding hydrogens is 366 g/mol. The predicted molar refractivity (Wildman–Crippen MR) is 103 cm³/mol. The first-order valence-electron chi connectivity index (χ1n) is 9.19. The molecule has 0 unspecified atom stereocenters. The Bertz CT molecular complexity index is 820. The van der Waals surface area contributed by atoms with Crippen molar-refractivity contribution >= 4 is 23.2 Å². The number of likely N-dealkylation sites (tertiary alicyclic amines) is 1. The molecule has 0 aliphatic carbocycles. The normalized spacial score (nSPS) is 23.0. The molecule has 1 fully saturated rings. The van der Waals surface area contributed by atoms with Gasteiger partial charge in [-0.05, 0) is 49.2 Å². The number of aliphatic hydroxyl groups excluding tert-OH is 1. The summed E-state index contributed by atoms with van der Waals surface area (Å²) in [6.45, 7) is 1.15. The third-order valence-electron chi connectivity index (χ3n) is 5.26. The molecule has 0 bridgehead atoms. The van der Waals surface area contributed by atoms with E-state index in [1.54, 1.807) is 6.26 Å². The Hall–Kier alpha value is -2.15. The maximum absolute atomic E-state index is 13.0. The molecule has 1 amide bonds. The molecule has 1 saturated heterocycles. The number of hydrazone groups is 1. The lowest BCUT2D eigenvalue weighted by molar-refractivity contribution is -0.135.